The van der Waals surface area contributed by atoms with Crippen molar-refractivity contribution >= 4 is 0 Å². The van der Waals surface area contributed by atoms with Gasteiger partial charge in [0.2, 0.25) is 0 Å². The summed E-state index contributed by atoms with van der Waals surface area (Å²) in [5.41, 5.74) is 3.44. The lowest BCUT2D eigenvalue weighted by atomic mass is 10.1. The van der Waals surface area contributed by atoms with Gasteiger partial charge in [0.1, 0.15) is 0 Å². The van der Waals surface area contributed by atoms with Crippen molar-refractivity contribution in [3.63, 3.8) is 0 Å². The number of nitrogens with one attached hydrogen (secondary N) is 2. The lowest BCUT2D eigenvalue weighted by Crippen LogP contribution is -2.19. The Hall–Kier alpha value is -1.65. The normalized spacial score (nSPS) is 10.8. The number of hydrogen-bond acceptors (Lipinski definition) is 3. The Morgan fingerprint density at radius 3 is 2.85 bits per heavy atom. The summed E-state index contributed by atoms with van der Waals surface area (Å²) >= 11 is 0. The summed E-state index contributed by atoms with van der Waals surface area (Å²) in [5.74, 6) is 0. The van der Waals surface area contributed by atoms with Crippen molar-refractivity contribution in [2.45, 2.75) is 26.3 Å². The molecule has 2 rings (SSSR count). The predicted molar refractivity (Wildman–Crippen MR) is 81.5 cm³/mol. The minimum absolute atomic E-state index is 0.762. The minimum Gasteiger partial charge on any atom is -0.380 e. The van der Waals surface area contributed by atoms with Gasteiger partial charge in [0.05, 0.1) is 18.5 Å². The van der Waals surface area contributed by atoms with E-state index in [1.807, 2.05) is 24.4 Å². The average molecular weight is 273 g/mol. The van der Waals surface area contributed by atoms with Gasteiger partial charge in [0, 0.05) is 25.3 Å². The first-order valence-electron chi connectivity index (χ1n) is 7.28. The van der Waals surface area contributed by atoms with Gasteiger partial charge >= 0.3 is 0 Å². The Labute approximate surface area is 120 Å². The van der Waals surface area contributed by atoms with Crippen LogP contribution in [0.4, 0.5) is 0 Å². The summed E-state index contributed by atoms with van der Waals surface area (Å²) in [6.07, 6.45) is 4.20. The monoisotopic (exact) mass is 273 g/mol. The molecule has 0 amide bonds. The standard InChI is InChI=1S/C16H23N3O/c1-2-3-10-20-11-9-17-12-15-13-18-19-16(15)14-7-5-4-6-8-14/h4-8,13,17H,2-3,9-12H2,1H3,(H,18,19). The van der Waals surface area contributed by atoms with Crippen LogP contribution < -0.4 is 5.32 Å². The maximum Gasteiger partial charge on any atom is 0.0695 e. The van der Waals surface area contributed by atoms with Crippen LogP contribution in [0.2, 0.25) is 0 Å². The van der Waals surface area contributed by atoms with Crippen LogP contribution in [0.15, 0.2) is 36.5 Å². The highest BCUT2D eigenvalue weighted by molar-refractivity contribution is 5.62. The van der Waals surface area contributed by atoms with Crippen molar-refractivity contribution in [3.05, 3.63) is 42.1 Å². The molecular formula is C16H23N3O. The first kappa shape index (κ1) is 14.8. The molecule has 20 heavy (non-hydrogen) atoms. The van der Waals surface area contributed by atoms with Gasteiger partial charge < -0.3 is 10.1 Å². The maximum atomic E-state index is 5.52. The molecule has 1 aromatic heterocycles. The van der Waals surface area contributed by atoms with Gasteiger partial charge in [-0.25, -0.2) is 0 Å². The summed E-state index contributed by atoms with van der Waals surface area (Å²) in [5, 5.41) is 10.6. The maximum absolute atomic E-state index is 5.52. The molecule has 2 aromatic rings. The second-order valence-corrected chi connectivity index (χ2v) is 4.78. The zero-order valence-corrected chi connectivity index (χ0v) is 12.1. The zero-order chi connectivity index (χ0) is 14.0. The number of ether oxygens (including phenoxy) is 1. The van der Waals surface area contributed by atoms with E-state index in [1.54, 1.807) is 0 Å². The van der Waals surface area contributed by atoms with Gasteiger partial charge in [-0.2, -0.15) is 5.10 Å². The number of hydrogen-bond donors (Lipinski definition) is 2. The fourth-order valence-corrected chi connectivity index (χ4v) is 2.02. The van der Waals surface area contributed by atoms with Gasteiger partial charge in [-0.15, -0.1) is 0 Å². The third-order valence-electron chi connectivity index (χ3n) is 3.16. The Balaban J connectivity index is 1.76. The molecular weight excluding hydrogens is 250 g/mol. The van der Waals surface area contributed by atoms with E-state index in [0.717, 1.165) is 38.4 Å². The molecule has 1 heterocycles. The predicted octanol–water partition coefficient (Wildman–Crippen LogP) is 2.98. The van der Waals surface area contributed by atoms with Crippen molar-refractivity contribution in [1.82, 2.24) is 15.5 Å². The molecule has 4 heteroatoms. The van der Waals surface area contributed by atoms with Gasteiger partial charge in [-0.3, -0.25) is 5.10 Å². The van der Waals surface area contributed by atoms with Gasteiger partial charge in [0.15, 0.2) is 0 Å². The van der Waals surface area contributed by atoms with E-state index in [9.17, 15) is 0 Å². The SMILES string of the molecule is CCCCOCCNCc1cn[nH]c1-c1ccccc1. The van der Waals surface area contributed by atoms with E-state index in [4.69, 9.17) is 4.74 Å². The topological polar surface area (TPSA) is 49.9 Å². The van der Waals surface area contributed by atoms with Gasteiger partial charge in [-0.05, 0) is 12.0 Å². The van der Waals surface area contributed by atoms with E-state index in [1.165, 1.54) is 17.5 Å². The molecule has 0 aliphatic rings. The molecule has 0 radical (unpaired) electrons. The van der Waals surface area contributed by atoms with Crippen LogP contribution in [-0.4, -0.2) is 30.0 Å². The van der Waals surface area contributed by atoms with Crippen LogP contribution in [0.5, 0.6) is 0 Å². The summed E-state index contributed by atoms with van der Waals surface area (Å²) in [7, 11) is 0. The summed E-state index contributed by atoms with van der Waals surface area (Å²) in [6.45, 7) is 5.46. The highest BCUT2D eigenvalue weighted by atomic mass is 16.5. The van der Waals surface area contributed by atoms with Crippen molar-refractivity contribution in [2.75, 3.05) is 19.8 Å². The number of aromatic amines is 1. The van der Waals surface area contributed by atoms with Crippen molar-refractivity contribution in [1.29, 1.82) is 0 Å². The number of H-pyrrole nitrogens is 1. The lowest BCUT2D eigenvalue weighted by Gasteiger charge is -2.06. The van der Waals surface area contributed by atoms with Crippen LogP contribution in [0.25, 0.3) is 11.3 Å². The molecule has 0 saturated carbocycles. The lowest BCUT2D eigenvalue weighted by molar-refractivity contribution is 0.133. The first-order chi connectivity index (χ1) is 9.92. The van der Waals surface area contributed by atoms with Crippen LogP contribution >= 0.6 is 0 Å². The van der Waals surface area contributed by atoms with Crippen molar-refractivity contribution < 1.29 is 4.74 Å². The number of rotatable bonds is 9. The number of nitrogens with zero attached hydrogens (tertiary/aromatic N) is 1. The Bertz CT molecular complexity index is 481. The molecule has 0 fully saturated rings. The second kappa shape index (κ2) is 8.51. The molecule has 4 nitrogen and oxygen atoms in total. The summed E-state index contributed by atoms with van der Waals surface area (Å²) < 4.78 is 5.52. The Kier molecular flexibility index (Phi) is 6.27. The minimum atomic E-state index is 0.762. The molecule has 2 N–H and O–H groups in total. The quantitative estimate of drug-likeness (QED) is 0.691. The fourth-order valence-electron chi connectivity index (χ4n) is 2.02. The van der Waals surface area contributed by atoms with E-state index in [0.29, 0.717) is 0 Å². The number of aromatic nitrogens is 2. The molecule has 0 spiro atoms. The third-order valence-corrected chi connectivity index (χ3v) is 3.16. The molecule has 0 aliphatic heterocycles. The summed E-state index contributed by atoms with van der Waals surface area (Å²) in [4.78, 5) is 0. The van der Waals surface area contributed by atoms with Crippen molar-refractivity contribution in [2.24, 2.45) is 0 Å². The van der Waals surface area contributed by atoms with Gasteiger partial charge in [0.25, 0.3) is 0 Å². The summed E-state index contributed by atoms with van der Waals surface area (Å²) in [6, 6.07) is 10.3. The highest BCUT2D eigenvalue weighted by Gasteiger charge is 2.06. The van der Waals surface area contributed by atoms with E-state index in [2.05, 4.69) is 34.6 Å². The molecule has 0 atom stereocenters. The van der Waals surface area contributed by atoms with Crippen LogP contribution in [-0.2, 0) is 11.3 Å². The van der Waals surface area contributed by atoms with Crippen LogP contribution in [0.3, 0.4) is 0 Å². The van der Waals surface area contributed by atoms with Crippen molar-refractivity contribution in [3.8, 4) is 11.3 Å². The molecule has 1 aromatic carbocycles. The average Bonchev–Trinajstić information content (AvgIpc) is 2.96. The Morgan fingerprint density at radius 2 is 2.05 bits per heavy atom. The highest BCUT2D eigenvalue weighted by Crippen LogP contribution is 2.20. The zero-order valence-electron chi connectivity index (χ0n) is 12.1. The second-order valence-electron chi connectivity index (χ2n) is 4.78. The van der Waals surface area contributed by atoms with E-state index in [-0.39, 0.29) is 0 Å². The molecule has 0 unspecified atom stereocenters. The smallest absolute Gasteiger partial charge is 0.0695 e. The van der Waals surface area contributed by atoms with Gasteiger partial charge in [-0.1, -0.05) is 43.7 Å². The molecule has 0 aliphatic carbocycles. The van der Waals surface area contributed by atoms with E-state index >= 15 is 0 Å². The van der Waals surface area contributed by atoms with E-state index < -0.39 is 0 Å². The Morgan fingerprint density at radius 1 is 1.20 bits per heavy atom. The molecule has 0 bridgehead atoms. The molecule has 0 saturated heterocycles. The largest absolute Gasteiger partial charge is 0.380 e. The van der Waals surface area contributed by atoms with Crippen LogP contribution in [0, 0.1) is 0 Å². The number of unbranched alkanes of at least 4 members (excludes halogenated alkanes) is 1. The third kappa shape index (κ3) is 4.47. The first-order valence-corrected chi connectivity index (χ1v) is 7.28. The fraction of sp³-hybridized carbons (Fsp3) is 0.438. The molecule has 108 valence electrons. The van der Waals surface area contributed by atoms with Crippen LogP contribution in [0.1, 0.15) is 25.3 Å². The number of benzene rings is 1.